The molecule has 18 heavy (non-hydrogen) atoms. The van der Waals surface area contributed by atoms with Crippen LogP contribution in [0.15, 0.2) is 18.2 Å². The summed E-state index contributed by atoms with van der Waals surface area (Å²) in [4.78, 5) is 11.7. The first kappa shape index (κ1) is 14.8. The predicted octanol–water partition coefficient (Wildman–Crippen LogP) is 3.56. The van der Waals surface area contributed by atoms with E-state index in [2.05, 4.69) is 20.7 Å². The van der Waals surface area contributed by atoms with Crippen LogP contribution in [0.3, 0.4) is 0 Å². The number of Topliss-reactive ketones (excluding diaryl/α,β-unsaturated/α-hetero) is 1. The minimum absolute atomic E-state index is 0.0682. The molecule has 100 valence electrons. The lowest BCUT2D eigenvalue weighted by atomic mass is 10.1. The van der Waals surface area contributed by atoms with E-state index in [0.29, 0.717) is 5.33 Å². The van der Waals surface area contributed by atoms with Crippen LogP contribution in [0.25, 0.3) is 0 Å². The summed E-state index contributed by atoms with van der Waals surface area (Å²) in [6, 6.07) is 3.39. The lowest BCUT2D eigenvalue weighted by Gasteiger charge is -2.12. The Morgan fingerprint density at radius 1 is 1.39 bits per heavy atom. The van der Waals surface area contributed by atoms with Gasteiger partial charge < -0.3 is 9.47 Å². The average Bonchev–Trinajstić information content (AvgIpc) is 2.27. The Balaban J connectivity index is 3.05. The van der Waals surface area contributed by atoms with E-state index in [4.69, 9.17) is 4.74 Å². The third-order valence-electron chi connectivity index (χ3n) is 2.03. The van der Waals surface area contributed by atoms with Crippen molar-refractivity contribution < 1.29 is 27.4 Å². The Morgan fingerprint density at radius 2 is 2.06 bits per heavy atom. The van der Waals surface area contributed by atoms with Crippen LogP contribution in [0.2, 0.25) is 0 Å². The molecule has 0 bridgehead atoms. The van der Waals surface area contributed by atoms with Crippen molar-refractivity contribution in [3.05, 3.63) is 23.8 Å². The smallest absolute Gasteiger partial charge is 0.496 e. The molecular formula is C11H10BrF3O3. The molecule has 0 aliphatic rings. The molecule has 0 aromatic heterocycles. The van der Waals surface area contributed by atoms with Gasteiger partial charge in [-0.05, 0) is 18.2 Å². The van der Waals surface area contributed by atoms with Crippen molar-refractivity contribution in [3.8, 4) is 11.5 Å². The molecule has 1 rings (SSSR count). The van der Waals surface area contributed by atoms with Gasteiger partial charge in [0.2, 0.25) is 0 Å². The maximum Gasteiger partial charge on any atom is 0.573 e. The van der Waals surface area contributed by atoms with Gasteiger partial charge in [0.15, 0.2) is 5.78 Å². The zero-order valence-corrected chi connectivity index (χ0v) is 11.0. The van der Waals surface area contributed by atoms with Crippen LogP contribution in [-0.2, 0) is 0 Å². The second-order valence-corrected chi connectivity index (χ2v) is 4.07. The molecule has 0 spiro atoms. The summed E-state index contributed by atoms with van der Waals surface area (Å²) in [6.45, 7) is 0. The van der Waals surface area contributed by atoms with Gasteiger partial charge in [-0.25, -0.2) is 0 Å². The fourth-order valence-electron chi connectivity index (χ4n) is 1.32. The van der Waals surface area contributed by atoms with Gasteiger partial charge >= 0.3 is 6.36 Å². The topological polar surface area (TPSA) is 35.5 Å². The van der Waals surface area contributed by atoms with E-state index in [1.165, 1.54) is 13.2 Å². The number of alkyl halides is 4. The van der Waals surface area contributed by atoms with Crippen molar-refractivity contribution in [2.24, 2.45) is 0 Å². The molecule has 0 fully saturated rings. The summed E-state index contributed by atoms with van der Waals surface area (Å²) in [5.41, 5.74) is 0.0682. The van der Waals surface area contributed by atoms with Gasteiger partial charge in [0.1, 0.15) is 11.5 Å². The summed E-state index contributed by atoms with van der Waals surface area (Å²) in [6.07, 6.45) is -4.63. The van der Waals surface area contributed by atoms with Gasteiger partial charge in [-0.2, -0.15) is 0 Å². The molecule has 0 aliphatic carbocycles. The minimum Gasteiger partial charge on any atom is -0.496 e. The van der Waals surface area contributed by atoms with E-state index in [1.807, 2.05) is 0 Å². The van der Waals surface area contributed by atoms with Gasteiger partial charge in [-0.3, -0.25) is 4.79 Å². The van der Waals surface area contributed by atoms with Gasteiger partial charge in [-0.1, -0.05) is 15.9 Å². The van der Waals surface area contributed by atoms with Gasteiger partial charge in [0, 0.05) is 11.8 Å². The molecule has 1 aromatic carbocycles. The lowest BCUT2D eigenvalue weighted by molar-refractivity contribution is -0.274. The largest absolute Gasteiger partial charge is 0.573 e. The van der Waals surface area contributed by atoms with Crippen molar-refractivity contribution in [2.45, 2.75) is 12.8 Å². The van der Waals surface area contributed by atoms with Crippen LogP contribution >= 0.6 is 15.9 Å². The van der Waals surface area contributed by atoms with E-state index in [0.717, 1.165) is 12.1 Å². The number of ketones is 1. The summed E-state index contributed by atoms with van der Waals surface area (Å²) in [5, 5.41) is 0.416. The molecule has 0 atom stereocenters. The lowest BCUT2D eigenvalue weighted by Crippen LogP contribution is -2.17. The van der Waals surface area contributed by atoms with E-state index >= 15 is 0 Å². The number of rotatable bonds is 5. The van der Waals surface area contributed by atoms with Crippen LogP contribution in [0.5, 0.6) is 11.5 Å². The van der Waals surface area contributed by atoms with Gasteiger partial charge in [0.05, 0.1) is 12.7 Å². The zero-order valence-electron chi connectivity index (χ0n) is 9.38. The second kappa shape index (κ2) is 6.08. The Hall–Kier alpha value is -1.24. The molecule has 7 heteroatoms. The number of methoxy groups -OCH3 is 1. The van der Waals surface area contributed by atoms with Crippen LogP contribution in [0, 0.1) is 0 Å². The summed E-state index contributed by atoms with van der Waals surface area (Å²) in [5.74, 6) is -0.548. The SMILES string of the molecule is COc1ccc(OC(F)(F)F)cc1C(=O)CCBr. The minimum atomic E-state index is -4.79. The third-order valence-corrected chi connectivity index (χ3v) is 2.42. The Bertz CT molecular complexity index is 432. The summed E-state index contributed by atoms with van der Waals surface area (Å²) < 4.78 is 44.9. The molecule has 1 aromatic rings. The normalized spacial score (nSPS) is 11.2. The Kier molecular flexibility index (Phi) is 5.01. The van der Waals surface area contributed by atoms with Crippen molar-refractivity contribution in [1.29, 1.82) is 0 Å². The number of hydrogen-bond acceptors (Lipinski definition) is 3. The average molecular weight is 327 g/mol. The quantitative estimate of drug-likeness (QED) is 0.613. The van der Waals surface area contributed by atoms with Crippen LogP contribution in [0.1, 0.15) is 16.8 Å². The molecule has 0 unspecified atom stereocenters. The Labute approximate surface area is 110 Å². The predicted molar refractivity (Wildman–Crippen MR) is 62.4 cm³/mol. The standard InChI is InChI=1S/C11H10BrF3O3/c1-17-10-3-2-7(18-11(13,14)15)6-8(10)9(16)4-5-12/h2-3,6H,4-5H2,1H3. The van der Waals surface area contributed by atoms with Crippen molar-refractivity contribution in [1.82, 2.24) is 0 Å². The number of ether oxygens (including phenoxy) is 2. The number of carbonyl (C=O) groups excluding carboxylic acids is 1. The molecule has 0 heterocycles. The van der Waals surface area contributed by atoms with Gasteiger partial charge in [0.25, 0.3) is 0 Å². The monoisotopic (exact) mass is 326 g/mol. The zero-order chi connectivity index (χ0) is 13.8. The summed E-state index contributed by atoms with van der Waals surface area (Å²) in [7, 11) is 1.34. The number of benzene rings is 1. The molecule has 3 nitrogen and oxygen atoms in total. The van der Waals surface area contributed by atoms with Crippen molar-refractivity contribution >= 4 is 21.7 Å². The fraction of sp³-hybridized carbons (Fsp3) is 0.364. The van der Waals surface area contributed by atoms with Crippen molar-refractivity contribution in [3.63, 3.8) is 0 Å². The molecular weight excluding hydrogens is 317 g/mol. The van der Waals surface area contributed by atoms with E-state index in [-0.39, 0.29) is 23.5 Å². The first-order chi connectivity index (χ1) is 8.37. The van der Waals surface area contributed by atoms with Gasteiger partial charge in [-0.15, -0.1) is 13.2 Å². The molecule has 0 saturated heterocycles. The highest BCUT2D eigenvalue weighted by molar-refractivity contribution is 9.09. The maximum atomic E-state index is 12.1. The van der Waals surface area contributed by atoms with E-state index in [9.17, 15) is 18.0 Å². The Morgan fingerprint density at radius 3 is 2.56 bits per heavy atom. The van der Waals surface area contributed by atoms with Crippen LogP contribution < -0.4 is 9.47 Å². The highest BCUT2D eigenvalue weighted by Crippen LogP contribution is 2.29. The van der Waals surface area contributed by atoms with E-state index < -0.39 is 12.1 Å². The molecule has 0 saturated carbocycles. The number of hydrogen-bond donors (Lipinski definition) is 0. The highest BCUT2D eigenvalue weighted by atomic mass is 79.9. The molecule has 0 radical (unpaired) electrons. The first-order valence-corrected chi connectivity index (χ1v) is 6.02. The fourth-order valence-corrected chi connectivity index (χ4v) is 1.68. The van der Waals surface area contributed by atoms with Crippen LogP contribution in [0.4, 0.5) is 13.2 Å². The van der Waals surface area contributed by atoms with Crippen LogP contribution in [-0.4, -0.2) is 24.6 Å². The third kappa shape index (κ3) is 4.21. The summed E-state index contributed by atoms with van der Waals surface area (Å²) >= 11 is 3.09. The highest BCUT2D eigenvalue weighted by Gasteiger charge is 2.31. The molecule has 0 aliphatic heterocycles. The molecule has 0 N–H and O–H groups in total. The first-order valence-electron chi connectivity index (χ1n) is 4.90. The number of carbonyl (C=O) groups is 1. The number of halogens is 4. The second-order valence-electron chi connectivity index (χ2n) is 3.27. The van der Waals surface area contributed by atoms with E-state index in [1.54, 1.807) is 0 Å². The molecule has 0 amide bonds. The maximum absolute atomic E-state index is 12.1. The van der Waals surface area contributed by atoms with Crippen molar-refractivity contribution in [2.75, 3.05) is 12.4 Å².